The summed E-state index contributed by atoms with van der Waals surface area (Å²) in [5, 5.41) is 2.81. The maximum Gasteiger partial charge on any atom is 0.422 e. The number of carbonyl (C=O) groups excluding carboxylic acids is 1. The van der Waals surface area contributed by atoms with Crippen LogP contribution in [0.4, 0.5) is 18.9 Å². The average molecular weight is 390 g/mol. The number of halogens is 4. The molecule has 0 bridgehead atoms. The van der Waals surface area contributed by atoms with Crippen molar-refractivity contribution in [2.75, 3.05) is 19.5 Å². The molecular formula is C16H15ClF3N3O3. The Morgan fingerprint density at radius 3 is 2.73 bits per heavy atom. The minimum absolute atomic E-state index is 0.0366. The Labute approximate surface area is 152 Å². The van der Waals surface area contributed by atoms with Crippen LogP contribution in [0.1, 0.15) is 15.9 Å². The van der Waals surface area contributed by atoms with Crippen molar-refractivity contribution in [3.8, 4) is 11.6 Å². The number of rotatable bonds is 6. The van der Waals surface area contributed by atoms with Gasteiger partial charge < -0.3 is 20.5 Å². The Morgan fingerprint density at radius 2 is 2.08 bits per heavy atom. The molecule has 3 N–H and O–H groups in total. The van der Waals surface area contributed by atoms with Crippen LogP contribution in [0.5, 0.6) is 11.6 Å². The minimum Gasteiger partial charge on any atom is -0.496 e. The number of benzene rings is 1. The molecule has 0 aliphatic carbocycles. The Morgan fingerprint density at radius 1 is 1.35 bits per heavy atom. The Hall–Kier alpha value is -2.68. The second-order valence-electron chi connectivity index (χ2n) is 5.16. The van der Waals surface area contributed by atoms with Gasteiger partial charge in [0.05, 0.1) is 23.4 Å². The minimum atomic E-state index is -4.46. The van der Waals surface area contributed by atoms with Gasteiger partial charge in [0, 0.05) is 24.9 Å². The molecule has 1 aromatic carbocycles. The number of amides is 1. The first kappa shape index (κ1) is 19.6. The van der Waals surface area contributed by atoms with Gasteiger partial charge in [-0.15, -0.1) is 0 Å². The zero-order valence-corrected chi connectivity index (χ0v) is 14.3. The molecule has 0 fully saturated rings. The number of nitrogen functional groups attached to an aromatic ring is 1. The lowest BCUT2D eigenvalue weighted by Crippen LogP contribution is -2.23. The van der Waals surface area contributed by atoms with E-state index in [0.29, 0.717) is 5.56 Å². The number of nitrogens with zero attached hydrogens (tertiary/aromatic N) is 1. The second-order valence-corrected chi connectivity index (χ2v) is 5.57. The summed E-state index contributed by atoms with van der Waals surface area (Å²) in [6, 6.07) is 5.63. The SMILES string of the molecule is COc1cc(N)c(Cl)cc1C(=O)NCc1ccnc(OCC(F)(F)F)c1. The van der Waals surface area contributed by atoms with Gasteiger partial charge in [0.1, 0.15) is 5.75 Å². The quantitative estimate of drug-likeness (QED) is 0.741. The highest BCUT2D eigenvalue weighted by molar-refractivity contribution is 6.33. The largest absolute Gasteiger partial charge is 0.496 e. The summed E-state index contributed by atoms with van der Waals surface area (Å²) in [7, 11) is 1.38. The van der Waals surface area contributed by atoms with E-state index in [4.69, 9.17) is 22.1 Å². The molecule has 2 rings (SSSR count). The molecule has 6 nitrogen and oxygen atoms in total. The van der Waals surface area contributed by atoms with Crippen molar-refractivity contribution in [1.82, 2.24) is 10.3 Å². The van der Waals surface area contributed by atoms with Crippen LogP contribution in [0.3, 0.4) is 0 Å². The molecule has 0 spiro atoms. The molecule has 0 atom stereocenters. The normalized spacial score (nSPS) is 11.1. The van der Waals surface area contributed by atoms with Gasteiger partial charge in [0.25, 0.3) is 5.91 Å². The van der Waals surface area contributed by atoms with Crippen LogP contribution < -0.4 is 20.5 Å². The van der Waals surface area contributed by atoms with Gasteiger partial charge in [0.2, 0.25) is 5.88 Å². The first-order chi connectivity index (χ1) is 12.2. The van der Waals surface area contributed by atoms with Gasteiger partial charge in [-0.05, 0) is 17.7 Å². The van der Waals surface area contributed by atoms with E-state index in [9.17, 15) is 18.0 Å². The molecular weight excluding hydrogens is 375 g/mol. The number of nitrogens with two attached hydrogens (primary N) is 1. The third-order valence-corrected chi connectivity index (χ3v) is 3.53. The predicted molar refractivity (Wildman–Crippen MR) is 89.4 cm³/mol. The molecule has 1 heterocycles. The van der Waals surface area contributed by atoms with Crippen LogP contribution in [0.2, 0.25) is 5.02 Å². The van der Waals surface area contributed by atoms with Crippen LogP contribution in [0.15, 0.2) is 30.5 Å². The number of methoxy groups -OCH3 is 1. The lowest BCUT2D eigenvalue weighted by Gasteiger charge is -2.12. The summed E-state index contributed by atoms with van der Waals surface area (Å²) in [6.07, 6.45) is -3.18. The van der Waals surface area contributed by atoms with Crippen molar-refractivity contribution in [2.45, 2.75) is 12.7 Å². The fourth-order valence-electron chi connectivity index (χ4n) is 1.99. The van der Waals surface area contributed by atoms with Gasteiger partial charge in [0.15, 0.2) is 6.61 Å². The topological polar surface area (TPSA) is 86.5 Å². The molecule has 1 amide bonds. The third-order valence-electron chi connectivity index (χ3n) is 3.20. The maximum atomic E-state index is 12.3. The standard InChI is InChI=1S/C16H15ClF3N3O3/c1-25-13-6-12(21)11(17)5-10(13)15(24)23-7-9-2-3-22-14(4-9)26-8-16(18,19)20/h2-6H,7-8,21H2,1H3,(H,23,24). The van der Waals surface area contributed by atoms with Crippen molar-refractivity contribution in [3.05, 3.63) is 46.6 Å². The molecule has 0 unspecified atom stereocenters. The molecule has 0 radical (unpaired) electrons. The number of hydrogen-bond donors (Lipinski definition) is 2. The summed E-state index contributed by atoms with van der Waals surface area (Å²) in [4.78, 5) is 16.0. The number of nitrogens with one attached hydrogen (secondary N) is 1. The highest BCUT2D eigenvalue weighted by Gasteiger charge is 2.28. The van der Waals surface area contributed by atoms with Crippen molar-refractivity contribution < 1.29 is 27.4 Å². The molecule has 1 aromatic heterocycles. The van der Waals surface area contributed by atoms with Crippen molar-refractivity contribution in [1.29, 1.82) is 0 Å². The lowest BCUT2D eigenvalue weighted by atomic mass is 10.1. The van der Waals surface area contributed by atoms with E-state index in [-0.39, 0.29) is 34.4 Å². The summed E-state index contributed by atoms with van der Waals surface area (Å²) in [5.74, 6) is -0.436. The Balaban J connectivity index is 2.05. The van der Waals surface area contributed by atoms with Crippen LogP contribution in [-0.4, -0.2) is 30.8 Å². The van der Waals surface area contributed by atoms with E-state index in [0.717, 1.165) is 0 Å². The van der Waals surface area contributed by atoms with Gasteiger partial charge in [-0.25, -0.2) is 4.98 Å². The summed E-state index contributed by atoms with van der Waals surface area (Å²) in [5.41, 5.74) is 6.61. The number of aromatic nitrogens is 1. The number of pyridine rings is 1. The van der Waals surface area contributed by atoms with Gasteiger partial charge in [-0.2, -0.15) is 13.2 Å². The molecule has 140 valence electrons. The fourth-order valence-corrected chi connectivity index (χ4v) is 2.15. The van der Waals surface area contributed by atoms with Crippen LogP contribution in [0, 0.1) is 0 Å². The average Bonchev–Trinajstić information content (AvgIpc) is 2.59. The zero-order chi connectivity index (χ0) is 19.3. The highest BCUT2D eigenvalue weighted by Crippen LogP contribution is 2.28. The number of anilines is 1. The number of carbonyl (C=O) groups is 1. The highest BCUT2D eigenvalue weighted by atomic mass is 35.5. The first-order valence-electron chi connectivity index (χ1n) is 7.25. The third kappa shape index (κ3) is 5.41. The van der Waals surface area contributed by atoms with E-state index < -0.39 is 18.7 Å². The monoisotopic (exact) mass is 389 g/mol. The molecule has 10 heteroatoms. The molecule has 26 heavy (non-hydrogen) atoms. The van der Waals surface area contributed by atoms with E-state index in [1.54, 1.807) is 0 Å². The lowest BCUT2D eigenvalue weighted by molar-refractivity contribution is -0.154. The van der Waals surface area contributed by atoms with Crippen LogP contribution in [0.25, 0.3) is 0 Å². The number of ether oxygens (including phenoxy) is 2. The van der Waals surface area contributed by atoms with Crippen molar-refractivity contribution in [2.24, 2.45) is 0 Å². The molecule has 0 aliphatic rings. The summed E-state index contributed by atoms with van der Waals surface area (Å²) in [6.45, 7) is -1.41. The summed E-state index contributed by atoms with van der Waals surface area (Å²) < 4.78 is 46.2. The fraction of sp³-hybridized carbons (Fsp3) is 0.250. The van der Waals surface area contributed by atoms with E-state index in [1.165, 1.54) is 37.6 Å². The van der Waals surface area contributed by atoms with E-state index in [2.05, 4.69) is 15.0 Å². The van der Waals surface area contributed by atoms with Crippen molar-refractivity contribution >= 4 is 23.2 Å². The second kappa shape index (κ2) is 8.13. The maximum absolute atomic E-state index is 12.3. The van der Waals surface area contributed by atoms with E-state index >= 15 is 0 Å². The Bertz CT molecular complexity index is 800. The Kier molecular flexibility index (Phi) is 6.14. The first-order valence-corrected chi connectivity index (χ1v) is 7.63. The van der Waals surface area contributed by atoms with Gasteiger partial charge >= 0.3 is 6.18 Å². The number of hydrogen-bond acceptors (Lipinski definition) is 5. The van der Waals surface area contributed by atoms with Crippen molar-refractivity contribution in [3.63, 3.8) is 0 Å². The molecule has 0 saturated heterocycles. The molecule has 0 saturated carbocycles. The van der Waals surface area contributed by atoms with Crippen LogP contribution in [-0.2, 0) is 6.54 Å². The zero-order valence-electron chi connectivity index (χ0n) is 13.6. The number of alkyl halides is 3. The molecule has 0 aliphatic heterocycles. The predicted octanol–water partition coefficient (Wildman–Crippen LogP) is 3.20. The van der Waals surface area contributed by atoms with Gasteiger partial charge in [-0.1, -0.05) is 11.6 Å². The van der Waals surface area contributed by atoms with Crippen LogP contribution >= 0.6 is 11.6 Å². The van der Waals surface area contributed by atoms with Gasteiger partial charge in [-0.3, -0.25) is 4.79 Å². The smallest absolute Gasteiger partial charge is 0.422 e. The molecule has 2 aromatic rings. The summed E-state index contributed by atoms with van der Waals surface area (Å²) >= 11 is 5.92. The van der Waals surface area contributed by atoms with E-state index in [1.807, 2.05) is 0 Å².